The molecule has 1 aliphatic carbocycles. The Hall–Kier alpha value is -1.83. The highest BCUT2D eigenvalue weighted by molar-refractivity contribution is 6.10. The van der Waals surface area contributed by atoms with Crippen LogP contribution in [0.25, 0.3) is 0 Å². The van der Waals surface area contributed by atoms with Gasteiger partial charge in [-0.15, -0.1) is 0 Å². The van der Waals surface area contributed by atoms with Gasteiger partial charge in [0.15, 0.2) is 5.78 Å². The van der Waals surface area contributed by atoms with Gasteiger partial charge in [0.05, 0.1) is 0 Å². The molecule has 1 aromatic carbocycles. The van der Waals surface area contributed by atoms with Crippen molar-refractivity contribution < 1.29 is 4.79 Å². The first-order valence-electron chi connectivity index (χ1n) is 5.85. The van der Waals surface area contributed by atoms with E-state index in [-0.39, 0.29) is 5.78 Å². The first-order valence-corrected chi connectivity index (χ1v) is 5.85. The van der Waals surface area contributed by atoms with Gasteiger partial charge in [0.25, 0.3) is 0 Å². The zero-order chi connectivity index (χ0) is 12.3. The van der Waals surface area contributed by atoms with Crippen LogP contribution in [0, 0.1) is 0 Å². The van der Waals surface area contributed by atoms with Crippen molar-refractivity contribution in [3.8, 4) is 0 Å². The minimum atomic E-state index is 0.176. The maximum Gasteiger partial charge on any atom is 0.189 e. The van der Waals surface area contributed by atoms with E-state index in [2.05, 4.69) is 0 Å². The van der Waals surface area contributed by atoms with Crippen LogP contribution in [0.4, 0.5) is 0 Å². The monoisotopic (exact) mass is 227 g/mol. The topological polar surface area (TPSA) is 20.3 Å². The highest BCUT2D eigenvalue weighted by atomic mass is 16.1. The minimum absolute atomic E-state index is 0.176. The Morgan fingerprint density at radius 1 is 1.18 bits per heavy atom. The smallest absolute Gasteiger partial charge is 0.189 e. The van der Waals surface area contributed by atoms with Crippen molar-refractivity contribution in [3.05, 3.63) is 59.3 Å². The Morgan fingerprint density at radius 2 is 1.94 bits per heavy atom. The predicted molar refractivity (Wildman–Crippen MR) is 70.0 cm³/mol. The Morgan fingerprint density at radius 3 is 2.71 bits per heavy atom. The molecule has 0 radical (unpaired) electrons. The van der Waals surface area contributed by atoms with Crippen LogP contribution in [0.1, 0.15) is 22.3 Å². The van der Waals surface area contributed by atoms with E-state index >= 15 is 0 Å². The molecule has 0 amide bonds. The van der Waals surface area contributed by atoms with Crippen LogP contribution < -0.4 is 0 Å². The van der Waals surface area contributed by atoms with Gasteiger partial charge in [-0.25, -0.2) is 0 Å². The van der Waals surface area contributed by atoms with Crippen LogP contribution in [0.3, 0.4) is 0 Å². The van der Waals surface area contributed by atoms with Crippen LogP contribution in [-0.4, -0.2) is 24.8 Å². The molecule has 0 aromatic heterocycles. The molecule has 0 N–H and O–H groups in total. The lowest BCUT2D eigenvalue weighted by molar-refractivity contribution is 0.102. The van der Waals surface area contributed by atoms with Gasteiger partial charge < -0.3 is 4.90 Å². The van der Waals surface area contributed by atoms with Crippen LogP contribution >= 0.6 is 0 Å². The lowest BCUT2D eigenvalue weighted by Gasteiger charge is -2.16. The second kappa shape index (κ2) is 5.00. The Labute approximate surface area is 102 Å². The molecule has 88 valence electrons. The highest BCUT2D eigenvalue weighted by Crippen LogP contribution is 2.24. The number of ketones is 1. The number of Topliss-reactive ketones (excluding diaryl/α,β-unsaturated/α-hetero) is 1. The predicted octanol–water partition coefficient (Wildman–Crippen LogP) is 2.82. The number of aryl methyl sites for hydroxylation is 1. The lowest BCUT2D eigenvalue weighted by atomic mass is 9.87. The molecule has 0 heterocycles. The molecule has 0 saturated heterocycles. The number of carbonyl (C=O) groups is 1. The van der Waals surface area contributed by atoms with Crippen molar-refractivity contribution in [2.24, 2.45) is 0 Å². The van der Waals surface area contributed by atoms with Crippen LogP contribution in [0.2, 0.25) is 0 Å². The highest BCUT2D eigenvalue weighted by Gasteiger charge is 2.20. The summed E-state index contributed by atoms with van der Waals surface area (Å²) < 4.78 is 0. The third-order valence-electron chi connectivity index (χ3n) is 2.90. The van der Waals surface area contributed by atoms with Gasteiger partial charge in [-0.3, -0.25) is 4.79 Å². The van der Waals surface area contributed by atoms with Crippen LogP contribution in [0.15, 0.2) is 48.2 Å². The van der Waals surface area contributed by atoms with Gasteiger partial charge in [-0.2, -0.15) is 0 Å². The Bertz CT molecular complexity index is 483. The van der Waals surface area contributed by atoms with E-state index in [1.54, 1.807) is 0 Å². The number of benzene rings is 1. The van der Waals surface area contributed by atoms with Gasteiger partial charge in [0.1, 0.15) is 0 Å². The molecule has 0 bridgehead atoms. The van der Waals surface area contributed by atoms with Gasteiger partial charge in [0.2, 0.25) is 0 Å². The maximum absolute atomic E-state index is 12.2. The normalized spacial score (nSPS) is 17.5. The van der Waals surface area contributed by atoms with Gasteiger partial charge in [-0.05, 0) is 30.7 Å². The Kier molecular flexibility index (Phi) is 3.43. The number of nitrogens with zero attached hydrogens (tertiary/aromatic N) is 1. The molecule has 0 aliphatic heterocycles. The summed E-state index contributed by atoms with van der Waals surface area (Å²) in [4.78, 5) is 14.1. The molecule has 2 heteroatoms. The summed E-state index contributed by atoms with van der Waals surface area (Å²) >= 11 is 0. The first kappa shape index (κ1) is 11.6. The molecule has 0 spiro atoms. The maximum atomic E-state index is 12.2. The Balaban J connectivity index is 2.23. The summed E-state index contributed by atoms with van der Waals surface area (Å²) in [5.74, 6) is 0.176. The summed E-state index contributed by atoms with van der Waals surface area (Å²) in [5.41, 5.74) is 2.94. The van der Waals surface area contributed by atoms with E-state index in [0.717, 1.165) is 24.0 Å². The summed E-state index contributed by atoms with van der Waals surface area (Å²) in [6.07, 6.45) is 7.61. The molecular formula is C15H17NO. The van der Waals surface area contributed by atoms with Crippen molar-refractivity contribution in [2.75, 3.05) is 14.1 Å². The molecule has 2 nitrogen and oxygen atoms in total. The molecule has 17 heavy (non-hydrogen) atoms. The number of hydrogen-bond acceptors (Lipinski definition) is 2. The van der Waals surface area contributed by atoms with Crippen molar-refractivity contribution >= 4 is 5.78 Å². The average molecular weight is 227 g/mol. The molecular weight excluding hydrogens is 210 g/mol. The molecule has 0 atom stereocenters. The van der Waals surface area contributed by atoms with Gasteiger partial charge in [-0.1, -0.05) is 30.3 Å². The average Bonchev–Trinajstić information content (AvgIpc) is 2.32. The molecule has 1 aliphatic rings. The fourth-order valence-corrected chi connectivity index (χ4v) is 2.01. The van der Waals surface area contributed by atoms with E-state index in [0.29, 0.717) is 0 Å². The summed E-state index contributed by atoms with van der Waals surface area (Å²) in [6.45, 7) is 0. The largest absolute Gasteiger partial charge is 0.383 e. The van der Waals surface area contributed by atoms with Gasteiger partial charge >= 0.3 is 0 Å². The van der Waals surface area contributed by atoms with Gasteiger partial charge in [0, 0.05) is 25.2 Å². The third kappa shape index (κ3) is 2.64. The van der Waals surface area contributed by atoms with E-state index in [4.69, 9.17) is 0 Å². The van der Waals surface area contributed by atoms with Crippen molar-refractivity contribution in [1.29, 1.82) is 0 Å². The fourth-order valence-electron chi connectivity index (χ4n) is 2.01. The van der Waals surface area contributed by atoms with E-state index in [1.807, 2.05) is 61.6 Å². The molecule has 0 fully saturated rings. The summed E-state index contributed by atoms with van der Waals surface area (Å²) in [7, 11) is 3.93. The standard InChI is InChI=1S/C15H17NO/c1-16(2)11-5-7-13-10-9-12-6-3-4-8-14(12)15(13)17/h3-8,11H,9-10H2,1-2H3. The number of allylic oxidation sites excluding steroid dienone is 3. The molecule has 0 saturated carbocycles. The number of fused-ring (bicyclic) bond motifs is 1. The van der Waals surface area contributed by atoms with E-state index in [9.17, 15) is 4.79 Å². The van der Waals surface area contributed by atoms with Crippen LogP contribution in [0.5, 0.6) is 0 Å². The summed E-state index contributed by atoms with van der Waals surface area (Å²) in [5, 5.41) is 0. The molecule has 1 aromatic rings. The second-order valence-electron chi connectivity index (χ2n) is 4.48. The van der Waals surface area contributed by atoms with Crippen molar-refractivity contribution in [2.45, 2.75) is 12.8 Å². The van der Waals surface area contributed by atoms with E-state index < -0.39 is 0 Å². The van der Waals surface area contributed by atoms with E-state index in [1.165, 1.54) is 5.56 Å². The second-order valence-corrected chi connectivity index (χ2v) is 4.48. The number of hydrogen-bond donors (Lipinski definition) is 0. The number of carbonyl (C=O) groups excluding carboxylic acids is 1. The first-order chi connectivity index (χ1) is 8.18. The van der Waals surface area contributed by atoms with Crippen molar-refractivity contribution in [1.82, 2.24) is 4.90 Å². The third-order valence-corrected chi connectivity index (χ3v) is 2.90. The zero-order valence-corrected chi connectivity index (χ0v) is 10.3. The fraction of sp³-hybridized carbons (Fsp3) is 0.267. The SMILES string of the molecule is CN(C)C=CC=C1CCc2ccccc2C1=O. The van der Waals surface area contributed by atoms with Crippen molar-refractivity contribution in [3.63, 3.8) is 0 Å². The quantitative estimate of drug-likeness (QED) is 0.724. The zero-order valence-electron chi connectivity index (χ0n) is 10.3. The molecule has 0 unspecified atom stereocenters. The minimum Gasteiger partial charge on any atom is -0.383 e. The van der Waals surface area contributed by atoms with Crippen LogP contribution in [-0.2, 0) is 6.42 Å². The number of rotatable bonds is 2. The summed E-state index contributed by atoms with van der Waals surface area (Å²) in [6, 6.07) is 7.88. The molecule has 2 rings (SSSR count). The lowest BCUT2D eigenvalue weighted by Crippen LogP contribution is -2.13.